The number of aliphatic imine (C=N–C) groups is 1. The summed E-state index contributed by atoms with van der Waals surface area (Å²) in [4.78, 5) is 7.09. The first-order valence-electron chi connectivity index (χ1n) is 6.69. The van der Waals surface area contributed by atoms with Crippen LogP contribution in [0, 0.1) is 0 Å². The quantitative estimate of drug-likeness (QED) is 0.759. The molecule has 1 atom stereocenters. The van der Waals surface area contributed by atoms with Crippen molar-refractivity contribution in [2.24, 2.45) is 4.99 Å². The molecule has 2 aromatic rings. The number of anilines is 1. The molecule has 2 heterocycles. The fraction of sp³-hybridized carbons (Fsp3) is 0.118. The van der Waals surface area contributed by atoms with E-state index in [1.807, 2.05) is 18.2 Å². The van der Waals surface area contributed by atoms with E-state index in [-0.39, 0.29) is 6.04 Å². The summed E-state index contributed by atoms with van der Waals surface area (Å²) < 4.78 is 0. The van der Waals surface area contributed by atoms with Crippen LogP contribution in [0.2, 0.25) is 5.02 Å². The van der Waals surface area contributed by atoms with Gasteiger partial charge in [0, 0.05) is 10.7 Å². The largest absolute Gasteiger partial charge is 0.324 e. The average molecular weight is 281 g/mol. The minimum atomic E-state index is 0.206. The van der Waals surface area contributed by atoms with Crippen LogP contribution in [0.5, 0.6) is 0 Å². The van der Waals surface area contributed by atoms with Crippen molar-refractivity contribution in [3.63, 3.8) is 0 Å². The zero-order valence-corrected chi connectivity index (χ0v) is 11.6. The van der Waals surface area contributed by atoms with Crippen molar-refractivity contribution < 1.29 is 0 Å². The van der Waals surface area contributed by atoms with E-state index < -0.39 is 0 Å². The highest BCUT2D eigenvalue weighted by molar-refractivity contribution is 6.31. The summed E-state index contributed by atoms with van der Waals surface area (Å²) in [5.41, 5.74) is 3.61. The lowest BCUT2D eigenvalue weighted by Gasteiger charge is -2.25. The Morgan fingerprint density at radius 2 is 1.90 bits per heavy atom. The second kappa shape index (κ2) is 4.50. The lowest BCUT2D eigenvalue weighted by Crippen LogP contribution is -2.28. The minimum Gasteiger partial charge on any atom is -0.324 e. The van der Waals surface area contributed by atoms with E-state index in [1.165, 1.54) is 11.3 Å². The zero-order valence-electron chi connectivity index (χ0n) is 10.8. The minimum absolute atomic E-state index is 0.206. The first-order valence-corrected chi connectivity index (χ1v) is 7.07. The third-order valence-electron chi connectivity index (χ3n) is 3.80. The molecule has 2 aliphatic rings. The van der Waals surface area contributed by atoms with E-state index in [1.54, 1.807) is 0 Å². The van der Waals surface area contributed by atoms with Gasteiger partial charge in [-0.1, -0.05) is 41.9 Å². The molecule has 20 heavy (non-hydrogen) atoms. The van der Waals surface area contributed by atoms with Gasteiger partial charge in [0.25, 0.3) is 0 Å². The molecule has 0 aromatic heterocycles. The number of fused-ring (bicyclic) bond motifs is 3. The molecule has 98 valence electrons. The Labute approximate surface area is 123 Å². The van der Waals surface area contributed by atoms with Gasteiger partial charge in [-0.05, 0) is 41.5 Å². The van der Waals surface area contributed by atoms with Gasteiger partial charge in [-0.3, -0.25) is 4.99 Å². The van der Waals surface area contributed by atoms with E-state index in [2.05, 4.69) is 47.4 Å². The summed E-state index contributed by atoms with van der Waals surface area (Å²) in [6.45, 7) is 0.887. The first-order chi connectivity index (χ1) is 9.81. The summed E-state index contributed by atoms with van der Waals surface area (Å²) in [6, 6.07) is 16.7. The van der Waals surface area contributed by atoms with Gasteiger partial charge >= 0.3 is 0 Å². The van der Waals surface area contributed by atoms with Gasteiger partial charge in [0.1, 0.15) is 5.84 Å². The maximum atomic E-state index is 6.06. The highest BCUT2D eigenvalue weighted by Crippen LogP contribution is 2.35. The second-order valence-electron chi connectivity index (χ2n) is 5.06. The number of hydrogen-bond acceptors (Lipinski definition) is 2. The molecule has 3 heteroatoms. The van der Waals surface area contributed by atoms with Crippen molar-refractivity contribution in [2.45, 2.75) is 6.04 Å². The Balaban J connectivity index is 1.72. The second-order valence-corrected chi connectivity index (χ2v) is 5.50. The number of amidine groups is 1. The van der Waals surface area contributed by atoms with Crippen molar-refractivity contribution in [3.8, 4) is 0 Å². The van der Waals surface area contributed by atoms with Gasteiger partial charge in [-0.15, -0.1) is 0 Å². The SMILES string of the molecule is Clc1ccc2c(c1)C=CC1=N[C@@H](c3ccccc3)CN12. The summed E-state index contributed by atoms with van der Waals surface area (Å²) in [6.07, 6.45) is 4.16. The number of halogens is 1. The van der Waals surface area contributed by atoms with E-state index in [0.29, 0.717) is 0 Å². The predicted octanol–water partition coefficient (Wildman–Crippen LogP) is 4.33. The predicted molar refractivity (Wildman–Crippen MR) is 84.5 cm³/mol. The molecule has 0 radical (unpaired) electrons. The van der Waals surface area contributed by atoms with Crippen molar-refractivity contribution in [2.75, 3.05) is 11.4 Å². The number of nitrogens with zero attached hydrogens (tertiary/aromatic N) is 2. The Bertz CT molecular complexity index is 719. The van der Waals surface area contributed by atoms with Crippen LogP contribution >= 0.6 is 11.6 Å². The van der Waals surface area contributed by atoms with Gasteiger partial charge in [-0.2, -0.15) is 0 Å². The summed E-state index contributed by atoms with van der Waals surface area (Å²) in [5.74, 6) is 1.04. The maximum Gasteiger partial charge on any atom is 0.128 e. The van der Waals surface area contributed by atoms with Crippen LogP contribution in [0.3, 0.4) is 0 Å². The lowest BCUT2D eigenvalue weighted by molar-refractivity contribution is 0.780. The molecular formula is C17H13ClN2. The third kappa shape index (κ3) is 1.84. The maximum absolute atomic E-state index is 6.06. The normalized spacial score (nSPS) is 19.6. The van der Waals surface area contributed by atoms with Crippen LogP contribution in [-0.2, 0) is 0 Å². The standard InChI is InChI=1S/C17H13ClN2/c18-14-7-8-16-13(10-14)6-9-17-19-15(11-20(16)17)12-4-2-1-3-5-12/h1-10,15H,11H2/t15-/m1/s1. The molecule has 2 aromatic carbocycles. The van der Waals surface area contributed by atoms with Crippen LogP contribution in [0.1, 0.15) is 17.2 Å². The van der Waals surface area contributed by atoms with Gasteiger partial charge in [0.05, 0.1) is 12.6 Å². The molecule has 0 aliphatic carbocycles. The van der Waals surface area contributed by atoms with Crippen molar-refractivity contribution in [3.05, 3.63) is 70.8 Å². The van der Waals surface area contributed by atoms with Gasteiger partial charge < -0.3 is 4.90 Å². The highest BCUT2D eigenvalue weighted by Gasteiger charge is 2.28. The molecule has 0 bridgehead atoms. The van der Waals surface area contributed by atoms with Crippen LogP contribution in [0.15, 0.2) is 59.6 Å². The monoisotopic (exact) mass is 280 g/mol. The van der Waals surface area contributed by atoms with Crippen molar-refractivity contribution >= 4 is 29.2 Å². The number of rotatable bonds is 1. The van der Waals surface area contributed by atoms with E-state index in [9.17, 15) is 0 Å². The molecule has 2 aliphatic heterocycles. The first kappa shape index (κ1) is 11.7. The molecule has 0 unspecified atom stereocenters. The fourth-order valence-electron chi connectivity index (χ4n) is 2.82. The Morgan fingerprint density at radius 1 is 1.05 bits per heavy atom. The van der Waals surface area contributed by atoms with E-state index in [0.717, 1.165) is 23.0 Å². The van der Waals surface area contributed by atoms with Crippen molar-refractivity contribution in [1.82, 2.24) is 0 Å². The number of hydrogen-bond donors (Lipinski definition) is 0. The van der Waals surface area contributed by atoms with Gasteiger partial charge in [0.15, 0.2) is 0 Å². The third-order valence-corrected chi connectivity index (χ3v) is 4.03. The molecule has 0 spiro atoms. The zero-order chi connectivity index (χ0) is 13.5. The Morgan fingerprint density at radius 3 is 2.75 bits per heavy atom. The Hall–Kier alpha value is -2.06. The number of benzene rings is 2. The average Bonchev–Trinajstić information content (AvgIpc) is 2.92. The smallest absolute Gasteiger partial charge is 0.128 e. The van der Waals surface area contributed by atoms with Gasteiger partial charge in [-0.25, -0.2) is 0 Å². The van der Waals surface area contributed by atoms with Crippen molar-refractivity contribution in [1.29, 1.82) is 0 Å². The van der Waals surface area contributed by atoms with Crippen LogP contribution in [0.25, 0.3) is 6.08 Å². The summed E-state index contributed by atoms with van der Waals surface area (Å²) in [5, 5.41) is 0.771. The molecule has 0 saturated heterocycles. The molecule has 4 rings (SSSR count). The molecule has 0 fully saturated rings. The van der Waals surface area contributed by atoms with E-state index >= 15 is 0 Å². The van der Waals surface area contributed by atoms with E-state index in [4.69, 9.17) is 16.6 Å². The van der Waals surface area contributed by atoms with Crippen LogP contribution < -0.4 is 4.90 Å². The fourth-order valence-corrected chi connectivity index (χ4v) is 3.00. The summed E-state index contributed by atoms with van der Waals surface area (Å²) in [7, 11) is 0. The summed E-state index contributed by atoms with van der Waals surface area (Å²) >= 11 is 6.06. The lowest BCUT2D eigenvalue weighted by atomic mass is 10.1. The van der Waals surface area contributed by atoms with Crippen LogP contribution in [-0.4, -0.2) is 12.4 Å². The molecule has 0 amide bonds. The molecule has 2 nitrogen and oxygen atoms in total. The highest BCUT2D eigenvalue weighted by atomic mass is 35.5. The molecule has 0 saturated carbocycles. The topological polar surface area (TPSA) is 15.6 Å². The molecule has 0 N–H and O–H groups in total. The Kier molecular flexibility index (Phi) is 2.64. The van der Waals surface area contributed by atoms with Gasteiger partial charge in [0.2, 0.25) is 0 Å². The van der Waals surface area contributed by atoms with Crippen LogP contribution in [0.4, 0.5) is 5.69 Å². The molecular weight excluding hydrogens is 268 g/mol.